The van der Waals surface area contributed by atoms with Crippen molar-refractivity contribution in [2.75, 3.05) is 0 Å². The highest BCUT2D eigenvalue weighted by Crippen LogP contribution is 2.22. The Hall–Kier alpha value is -1.36. The van der Waals surface area contributed by atoms with Gasteiger partial charge in [-0.05, 0) is 34.2 Å². The number of hydrogen-bond donors (Lipinski definition) is 1. The van der Waals surface area contributed by atoms with Crippen molar-refractivity contribution in [1.29, 1.82) is 0 Å². The van der Waals surface area contributed by atoms with Gasteiger partial charge < -0.3 is 0 Å². The first-order valence-corrected chi connectivity index (χ1v) is 6.58. The summed E-state index contributed by atoms with van der Waals surface area (Å²) < 4.78 is 1.19. The topological polar surface area (TPSA) is 28.7 Å². The number of aromatic amines is 1. The third-order valence-electron chi connectivity index (χ3n) is 2.84. The molecule has 0 aliphatic rings. The summed E-state index contributed by atoms with van der Waals surface area (Å²) in [5.74, 6) is 0. The molecule has 2 aromatic carbocycles. The number of rotatable bonds is 2. The third-order valence-corrected chi connectivity index (χ3v) is 3.71. The molecule has 0 saturated heterocycles. The Morgan fingerprint density at radius 2 is 1.82 bits per heavy atom. The van der Waals surface area contributed by atoms with Crippen molar-refractivity contribution in [3.63, 3.8) is 0 Å². The summed E-state index contributed by atoms with van der Waals surface area (Å²) in [6.07, 6.45) is 0.900. The molecular weight excluding hydrogens is 323 g/mol. The summed E-state index contributed by atoms with van der Waals surface area (Å²) in [6, 6.07) is 16.7. The Balaban J connectivity index is 2.05. The van der Waals surface area contributed by atoms with Gasteiger partial charge in [-0.25, -0.2) is 0 Å². The van der Waals surface area contributed by atoms with Gasteiger partial charge in [-0.1, -0.05) is 42.5 Å². The Kier molecular flexibility index (Phi) is 2.84. The Morgan fingerprint density at radius 1 is 1.00 bits per heavy atom. The van der Waals surface area contributed by atoms with E-state index in [0.717, 1.165) is 11.9 Å². The summed E-state index contributed by atoms with van der Waals surface area (Å²) in [5.41, 5.74) is 3.56. The van der Waals surface area contributed by atoms with E-state index in [-0.39, 0.29) is 0 Å². The molecule has 0 aliphatic heterocycles. The van der Waals surface area contributed by atoms with Crippen LogP contribution in [-0.4, -0.2) is 10.2 Å². The van der Waals surface area contributed by atoms with Gasteiger partial charge in [0, 0.05) is 21.1 Å². The van der Waals surface area contributed by atoms with Crippen LogP contribution in [0.1, 0.15) is 11.3 Å². The first-order chi connectivity index (χ1) is 8.34. The molecule has 17 heavy (non-hydrogen) atoms. The number of nitrogens with one attached hydrogen (secondary N) is 1. The van der Waals surface area contributed by atoms with E-state index in [4.69, 9.17) is 0 Å². The van der Waals surface area contributed by atoms with Crippen molar-refractivity contribution in [1.82, 2.24) is 10.2 Å². The molecule has 3 rings (SSSR count). The molecule has 0 aliphatic carbocycles. The maximum atomic E-state index is 4.38. The lowest BCUT2D eigenvalue weighted by atomic mass is 10.1. The van der Waals surface area contributed by atoms with Crippen molar-refractivity contribution in [2.24, 2.45) is 0 Å². The van der Waals surface area contributed by atoms with Crippen LogP contribution < -0.4 is 0 Å². The SMILES string of the molecule is Ic1cccc2c(Cc3ccccc3)[nH]nc12. The molecule has 0 unspecified atom stereocenters. The molecule has 2 nitrogen and oxygen atoms in total. The molecule has 0 atom stereocenters. The molecule has 0 fully saturated rings. The molecule has 0 amide bonds. The van der Waals surface area contributed by atoms with Crippen molar-refractivity contribution in [3.8, 4) is 0 Å². The Bertz CT molecular complexity index is 644. The normalized spacial score (nSPS) is 10.9. The fourth-order valence-electron chi connectivity index (χ4n) is 1.99. The van der Waals surface area contributed by atoms with Gasteiger partial charge in [0.1, 0.15) is 5.52 Å². The van der Waals surface area contributed by atoms with Crippen molar-refractivity contribution in [3.05, 3.63) is 63.4 Å². The third kappa shape index (κ3) is 2.07. The summed E-state index contributed by atoms with van der Waals surface area (Å²) >= 11 is 2.32. The summed E-state index contributed by atoms with van der Waals surface area (Å²) in [7, 11) is 0. The number of hydrogen-bond acceptors (Lipinski definition) is 1. The zero-order valence-electron chi connectivity index (χ0n) is 9.15. The molecule has 0 spiro atoms. The molecule has 0 saturated carbocycles. The van der Waals surface area contributed by atoms with Crippen LogP contribution >= 0.6 is 22.6 Å². The molecule has 0 bridgehead atoms. The number of aromatic nitrogens is 2. The second kappa shape index (κ2) is 4.49. The molecule has 84 valence electrons. The monoisotopic (exact) mass is 334 g/mol. The average molecular weight is 334 g/mol. The van der Waals surface area contributed by atoms with Gasteiger partial charge in [0.25, 0.3) is 0 Å². The highest BCUT2D eigenvalue weighted by molar-refractivity contribution is 14.1. The van der Waals surface area contributed by atoms with Crippen LogP contribution in [0.4, 0.5) is 0 Å². The van der Waals surface area contributed by atoms with Gasteiger partial charge in [0.15, 0.2) is 0 Å². The highest BCUT2D eigenvalue weighted by Gasteiger charge is 2.07. The van der Waals surface area contributed by atoms with Gasteiger partial charge >= 0.3 is 0 Å². The Labute approximate surface area is 113 Å². The number of fused-ring (bicyclic) bond motifs is 1. The minimum Gasteiger partial charge on any atom is -0.281 e. The van der Waals surface area contributed by atoms with E-state index >= 15 is 0 Å². The summed E-state index contributed by atoms with van der Waals surface area (Å²) in [6.45, 7) is 0. The van der Waals surface area contributed by atoms with E-state index in [1.54, 1.807) is 0 Å². The Morgan fingerprint density at radius 3 is 2.65 bits per heavy atom. The average Bonchev–Trinajstić information content (AvgIpc) is 2.76. The number of H-pyrrole nitrogens is 1. The second-order valence-corrected chi connectivity index (χ2v) is 5.16. The summed E-state index contributed by atoms with van der Waals surface area (Å²) in [5, 5.41) is 8.75. The van der Waals surface area contributed by atoms with E-state index in [9.17, 15) is 0 Å². The molecule has 1 aromatic heterocycles. The predicted molar refractivity (Wildman–Crippen MR) is 78.1 cm³/mol. The van der Waals surface area contributed by atoms with Crippen LogP contribution in [0.25, 0.3) is 10.9 Å². The number of para-hydroxylation sites is 1. The van der Waals surface area contributed by atoms with Gasteiger partial charge in [-0.15, -0.1) is 0 Å². The molecule has 1 heterocycles. The predicted octanol–water partition coefficient (Wildman–Crippen LogP) is 3.76. The molecule has 3 heteroatoms. The zero-order valence-corrected chi connectivity index (χ0v) is 11.3. The van der Waals surface area contributed by atoms with Crippen LogP contribution in [0.5, 0.6) is 0 Å². The van der Waals surface area contributed by atoms with Gasteiger partial charge in [0.05, 0.1) is 0 Å². The van der Waals surface area contributed by atoms with E-state index < -0.39 is 0 Å². The van der Waals surface area contributed by atoms with Crippen molar-refractivity contribution in [2.45, 2.75) is 6.42 Å². The van der Waals surface area contributed by atoms with Gasteiger partial charge in [0.2, 0.25) is 0 Å². The van der Waals surface area contributed by atoms with Crippen LogP contribution in [0.3, 0.4) is 0 Å². The number of benzene rings is 2. The number of halogens is 1. The van der Waals surface area contributed by atoms with E-state index in [0.29, 0.717) is 0 Å². The first-order valence-electron chi connectivity index (χ1n) is 5.50. The smallest absolute Gasteiger partial charge is 0.106 e. The highest BCUT2D eigenvalue weighted by atomic mass is 127. The maximum Gasteiger partial charge on any atom is 0.106 e. The van der Waals surface area contributed by atoms with Crippen molar-refractivity contribution >= 4 is 33.5 Å². The van der Waals surface area contributed by atoms with Crippen LogP contribution in [0.2, 0.25) is 0 Å². The molecule has 1 N–H and O–H groups in total. The minimum absolute atomic E-state index is 0.900. The van der Waals surface area contributed by atoms with E-state index in [2.05, 4.69) is 75.3 Å². The minimum atomic E-state index is 0.900. The summed E-state index contributed by atoms with van der Waals surface area (Å²) in [4.78, 5) is 0. The number of nitrogens with zero attached hydrogens (tertiary/aromatic N) is 1. The second-order valence-electron chi connectivity index (χ2n) is 4.00. The molecular formula is C14H11IN2. The van der Waals surface area contributed by atoms with E-state index in [1.165, 1.54) is 20.2 Å². The van der Waals surface area contributed by atoms with Gasteiger partial charge in [-0.3, -0.25) is 5.10 Å². The quantitative estimate of drug-likeness (QED) is 0.711. The van der Waals surface area contributed by atoms with Gasteiger partial charge in [-0.2, -0.15) is 5.10 Å². The lowest BCUT2D eigenvalue weighted by molar-refractivity contribution is 1.01. The molecule has 3 aromatic rings. The van der Waals surface area contributed by atoms with Crippen LogP contribution in [-0.2, 0) is 6.42 Å². The fraction of sp³-hybridized carbons (Fsp3) is 0.0714. The lowest BCUT2D eigenvalue weighted by Gasteiger charge is -1.99. The van der Waals surface area contributed by atoms with Crippen LogP contribution in [0.15, 0.2) is 48.5 Å². The standard InChI is InChI=1S/C14H11IN2/c15-12-8-4-7-11-13(16-17-14(11)12)9-10-5-2-1-3-6-10/h1-8H,9H2,(H,16,17). The first kappa shape index (κ1) is 10.8. The maximum absolute atomic E-state index is 4.38. The zero-order chi connectivity index (χ0) is 11.7. The molecule has 0 radical (unpaired) electrons. The van der Waals surface area contributed by atoms with Crippen molar-refractivity contribution < 1.29 is 0 Å². The largest absolute Gasteiger partial charge is 0.281 e. The lowest BCUT2D eigenvalue weighted by Crippen LogP contribution is -1.88. The fourth-order valence-corrected chi connectivity index (χ4v) is 2.61. The van der Waals surface area contributed by atoms with Crippen LogP contribution in [0, 0.1) is 3.57 Å². The van der Waals surface area contributed by atoms with E-state index in [1.807, 2.05) is 6.07 Å².